The maximum absolute atomic E-state index is 12.0. The van der Waals surface area contributed by atoms with Crippen molar-refractivity contribution in [2.45, 2.75) is 19.3 Å². The molecule has 1 aromatic rings. The molecule has 1 amide bonds. The van der Waals surface area contributed by atoms with Crippen LogP contribution in [-0.4, -0.2) is 35.4 Å². The Bertz CT molecular complexity index is 516. The van der Waals surface area contributed by atoms with Gasteiger partial charge in [0.1, 0.15) is 5.69 Å². The third kappa shape index (κ3) is 3.60. The highest BCUT2D eigenvalue weighted by Gasteiger charge is 2.18. The van der Waals surface area contributed by atoms with E-state index in [0.29, 0.717) is 5.02 Å². The van der Waals surface area contributed by atoms with Crippen LogP contribution in [0.4, 0.5) is 11.4 Å². The van der Waals surface area contributed by atoms with Crippen LogP contribution in [0.25, 0.3) is 0 Å². The quantitative estimate of drug-likeness (QED) is 0.685. The van der Waals surface area contributed by atoms with E-state index < -0.39 is 4.92 Å². The largest absolute Gasteiger partial charge is 0.371 e. The molecule has 20 heavy (non-hydrogen) atoms. The molecule has 0 saturated carbocycles. The second-order valence-electron chi connectivity index (χ2n) is 4.71. The third-order valence-corrected chi connectivity index (χ3v) is 3.53. The first-order valence-corrected chi connectivity index (χ1v) is 6.91. The topological polar surface area (TPSA) is 75.5 Å². The number of anilines is 1. The van der Waals surface area contributed by atoms with Gasteiger partial charge in [-0.3, -0.25) is 14.9 Å². The highest BCUT2D eigenvalue weighted by atomic mass is 35.5. The normalized spacial score (nSPS) is 14.9. The van der Waals surface area contributed by atoms with Gasteiger partial charge in [0.15, 0.2) is 0 Å². The number of amides is 1. The van der Waals surface area contributed by atoms with E-state index in [1.54, 1.807) is 4.90 Å². The Hall–Kier alpha value is -1.82. The summed E-state index contributed by atoms with van der Waals surface area (Å²) in [5.41, 5.74) is 0.189. The van der Waals surface area contributed by atoms with Gasteiger partial charge in [-0.05, 0) is 31.4 Å². The van der Waals surface area contributed by atoms with Gasteiger partial charge in [-0.1, -0.05) is 11.6 Å². The summed E-state index contributed by atoms with van der Waals surface area (Å²) < 4.78 is 0. The summed E-state index contributed by atoms with van der Waals surface area (Å²) in [6.45, 7) is 1.57. The first kappa shape index (κ1) is 14.6. The number of benzene rings is 1. The number of likely N-dealkylation sites (tertiary alicyclic amines) is 1. The van der Waals surface area contributed by atoms with Gasteiger partial charge < -0.3 is 10.2 Å². The van der Waals surface area contributed by atoms with Gasteiger partial charge in [-0.25, -0.2) is 0 Å². The van der Waals surface area contributed by atoms with Crippen LogP contribution >= 0.6 is 11.6 Å². The van der Waals surface area contributed by atoms with Crippen molar-refractivity contribution >= 4 is 28.9 Å². The average molecular weight is 298 g/mol. The summed E-state index contributed by atoms with van der Waals surface area (Å²) in [4.78, 5) is 24.2. The van der Waals surface area contributed by atoms with Crippen LogP contribution in [0.5, 0.6) is 0 Å². The summed E-state index contributed by atoms with van der Waals surface area (Å²) in [6.07, 6.45) is 3.18. The number of hydrogen-bond donors (Lipinski definition) is 1. The lowest BCUT2D eigenvalue weighted by atomic mass is 10.1. The van der Waals surface area contributed by atoms with Crippen LogP contribution in [-0.2, 0) is 4.79 Å². The van der Waals surface area contributed by atoms with Crippen LogP contribution < -0.4 is 5.32 Å². The monoisotopic (exact) mass is 297 g/mol. The second kappa shape index (κ2) is 6.56. The second-order valence-corrected chi connectivity index (χ2v) is 5.15. The Morgan fingerprint density at radius 3 is 2.70 bits per heavy atom. The first-order valence-electron chi connectivity index (χ1n) is 6.53. The number of nitro benzene ring substituents is 1. The molecule has 6 nitrogen and oxygen atoms in total. The van der Waals surface area contributed by atoms with E-state index in [2.05, 4.69) is 5.32 Å². The number of nitrogens with zero attached hydrogens (tertiary/aromatic N) is 2. The molecule has 1 saturated heterocycles. The number of carbonyl (C=O) groups excluding carboxylic acids is 1. The molecule has 1 aliphatic heterocycles. The molecule has 1 aromatic carbocycles. The molecule has 108 valence electrons. The number of piperidine rings is 1. The van der Waals surface area contributed by atoms with Crippen LogP contribution in [0, 0.1) is 10.1 Å². The zero-order valence-corrected chi connectivity index (χ0v) is 11.7. The molecule has 0 aromatic heterocycles. The fraction of sp³-hybridized carbons (Fsp3) is 0.462. The molecule has 0 unspecified atom stereocenters. The van der Waals surface area contributed by atoms with E-state index in [0.717, 1.165) is 32.4 Å². The zero-order chi connectivity index (χ0) is 14.5. The Morgan fingerprint density at radius 2 is 2.05 bits per heavy atom. The number of hydrogen-bond acceptors (Lipinski definition) is 4. The van der Waals surface area contributed by atoms with E-state index in [4.69, 9.17) is 11.6 Å². The molecule has 1 fully saturated rings. The maximum Gasteiger partial charge on any atom is 0.292 e. The molecule has 0 spiro atoms. The number of halogens is 1. The van der Waals surface area contributed by atoms with Crippen molar-refractivity contribution in [1.82, 2.24) is 4.90 Å². The van der Waals surface area contributed by atoms with Gasteiger partial charge in [0, 0.05) is 24.2 Å². The molecular formula is C13H16ClN3O3. The van der Waals surface area contributed by atoms with Crippen LogP contribution in [0.3, 0.4) is 0 Å². The van der Waals surface area contributed by atoms with Crippen molar-refractivity contribution in [3.63, 3.8) is 0 Å². The van der Waals surface area contributed by atoms with Gasteiger partial charge in [-0.15, -0.1) is 0 Å². The number of carbonyl (C=O) groups is 1. The van der Waals surface area contributed by atoms with Crippen molar-refractivity contribution < 1.29 is 9.72 Å². The predicted octanol–water partition coefficient (Wildman–Crippen LogP) is 2.67. The standard InChI is InChI=1S/C13H16ClN3O3/c14-10-4-5-12(17(19)20)11(8-10)15-9-13(18)16-6-2-1-3-7-16/h4-5,8,15H,1-3,6-7,9H2. The minimum absolute atomic E-state index is 0.0426. The maximum atomic E-state index is 12.0. The van der Waals surface area contributed by atoms with Gasteiger partial charge in [-0.2, -0.15) is 0 Å². The fourth-order valence-corrected chi connectivity index (χ4v) is 2.41. The van der Waals surface area contributed by atoms with Gasteiger partial charge in [0.25, 0.3) is 5.69 Å². The van der Waals surface area contributed by atoms with Crippen molar-refractivity contribution in [3.8, 4) is 0 Å². The van der Waals surface area contributed by atoms with E-state index in [1.807, 2.05) is 0 Å². The zero-order valence-electron chi connectivity index (χ0n) is 11.0. The Kier molecular flexibility index (Phi) is 4.79. The lowest BCUT2D eigenvalue weighted by Crippen LogP contribution is -2.39. The molecule has 2 rings (SSSR count). The van der Waals surface area contributed by atoms with Crippen LogP contribution in [0.15, 0.2) is 18.2 Å². The fourth-order valence-electron chi connectivity index (χ4n) is 2.24. The van der Waals surface area contributed by atoms with E-state index in [9.17, 15) is 14.9 Å². The van der Waals surface area contributed by atoms with Crippen molar-refractivity contribution in [3.05, 3.63) is 33.3 Å². The van der Waals surface area contributed by atoms with Gasteiger partial charge in [0.2, 0.25) is 5.91 Å². The van der Waals surface area contributed by atoms with Crippen LogP contribution in [0.1, 0.15) is 19.3 Å². The lowest BCUT2D eigenvalue weighted by molar-refractivity contribution is -0.383. The third-order valence-electron chi connectivity index (χ3n) is 3.29. The van der Waals surface area contributed by atoms with E-state index in [-0.39, 0.29) is 23.8 Å². The minimum Gasteiger partial charge on any atom is -0.371 e. The molecule has 7 heteroatoms. The molecule has 0 bridgehead atoms. The summed E-state index contributed by atoms with van der Waals surface area (Å²) in [5, 5.41) is 14.1. The highest BCUT2D eigenvalue weighted by Crippen LogP contribution is 2.27. The van der Waals surface area contributed by atoms with Gasteiger partial charge in [0.05, 0.1) is 11.5 Å². The summed E-state index contributed by atoms with van der Waals surface area (Å²) in [7, 11) is 0. The number of rotatable bonds is 4. The summed E-state index contributed by atoms with van der Waals surface area (Å²) >= 11 is 5.83. The molecule has 0 atom stereocenters. The lowest BCUT2D eigenvalue weighted by Gasteiger charge is -2.26. The summed E-state index contributed by atoms with van der Waals surface area (Å²) in [6, 6.07) is 4.25. The predicted molar refractivity (Wildman–Crippen MR) is 77.0 cm³/mol. The Balaban J connectivity index is 2.01. The van der Waals surface area contributed by atoms with Crippen molar-refractivity contribution in [2.24, 2.45) is 0 Å². The minimum atomic E-state index is -0.496. The average Bonchev–Trinajstić information content (AvgIpc) is 2.45. The molecule has 1 N–H and O–H groups in total. The Labute approximate surface area is 121 Å². The molecule has 0 aliphatic carbocycles. The Morgan fingerprint density at radius 1 is 1.35 bits per heavy atom. The first-order chi connectivity index (χ1) is 9.58. The molecule has 0 radical (unpaired) electrons. The summed E-state index contributed by atoms with van der Waals surface area (Å²) in [5.74, 6) is -0.0426. The SMILES string of the molecule is O=C(CNc1cc(Cl)ccc1[N+](=O)[O-])N1CCCCC1. The molecule has 1 heterocycles. The van der Waals surface area contributed by atoms with Crippen LogP contribution in [0.2, 0.25) is 5.02 Å². The molecule has 1 aliphatic rings. The number of nitrogens with one attached hydrogen (secondary N) is 1. The smallest absolute Gasteiger partial charge is 0.292 e. The number of nitro groups is 1. The van der Waals surface area contributed by atoms with E-state index >= 15 is 0 Å². The highest BCUT2D eigenvalue weighted by molar-refractivity contribution is 6.31. The van der Waals surface area contributed by atoms with Crippen molar-refractivity contribution in [2.75, 3.05) is 25.0 Å². The van der Waals surface area contributed by atoms with Gasteiger partial charge >= 0.3 is 0 Å². The van der Waals surface area contributed by atoms with E-state index in [1.165, 1.54) is 18.2 Å². The molecular weight excluding hydrogens is 282 g/mol. The van der Waals surface area contributed by atoms with Crippen molar-refractivity contribution in [1.29, 1.82) is 0 Å².